The molecule has 3 N–H and O–H groups in total. The average molecular weight is 1190 g/mol. The molecule has 3 aromatic carbocycles. The molecule has 22 nitrogen and oxygen atoms in total. The maximum atomic E-state index is 12.5. The van der Waals surface area contributed by atoms with Crippen LogP contribution in [0.15, 0.2) is 96.1 Å². The van der Waals surface area contributed by atoms with E-state index in [1.165, 1.54) is 5.56 Å². The number of azide groups is 1. The maximum Gasteiger partial charge on any atom is 0.303 e. The van der Waals surface area contributed by atoms with Crippen LogP contribution in [0.3, 0.4) is 0 Å². The smallest absolute Gasteiger partial charge is 0.303 e. The lowest BCUT2D eigenvalue weighted by Crippen LogP contribution is -2.39. The van der Waals surface area contributed by atoms with Gasteiger partial charge in [-0.1, -0.05) is 169 Å². The molecule has 0 aliphatic carbocycles. The fourth-order valence-corrected chi connectivity index (χ4v) is 9.62. The lowest BCUT2D eigenvalue weighted by molar-refractivity contribution is -0.141. The van der Waals surface area contributed by atoms with Crippen LogP contribution in [-0.2, 0) is 61.2 Å². The molecular weight excluding hydrogens is 1090 g/mol. The molecule has 86 heavy (non-hydrogen) atoms. The molecule has 5 heterocycles. The molecule has 8 rings (SSSR count). The van der Waals surface area contributed by atoms with Crippen molar-refractivity contribution in [2.45, 2.75) is 153 Å². The normalized spacial score (nSPS) is 19.0. The first-order valence-electron chi connectivity index (χ1n) is 29.8. The summed E-state index contributed by atoms with van der Waals surface area (Å²) < 4.78 is 22.4. The predicted molar refractivity (Wildman–Crippen MR) is 329 cm³/mol. The molecule has 3 aliphatic heterocycles. The van der Waals surface area contributed by atoms with Crippen LogP contribution in [0, 0.1) is 46.8 Å². The quantitative estimate of drug-likeness (QED) is 0.0380. The van der Waals surface area contributed by atoms with Crippen molar-refractivity contribution in [3.05, 3.63) is 141 Å². The largest absolute Gasteiger partial charge is 0.481 e. The first-order valence-corrected chi connectivity index (χ1v) is 28.3. The second-order valence-electron chi connectivity index (χ2n) is 21.2. The van der Waals surface area contributed by atoms with Gasteiger partial charge in [-0.15, -0.1) is 16.1 Å². The number of carbonyl (C=O) groups excluding carboxylic acids is 3. The highest BCUT2D eigenvalue weighted by Crippen LogP contribution is 2.31. The molecule has 464 valence electrons. The number of aliphatic carboxylic acids is 3. The van der Waals surface area contributed by atoms with Crippen LogP contribution in [0.5, 0.6) is 0 Å². The van der Waals surface area contributed by atoms with Crippen molar-refractivity contribution < 1.29 is 48.2 Å². The van der Waals surface area contributed by atoms with Crippen LogP contribution < -0.4 is 0 Å². The van der Waals surface area contributed by atoms with Crippen LogP contribution in [0.25, 0.3) is 10.4 Å². The SMILES string of the molecule is C.C.C[C@H]1C#CCCN(C(=O)CCC(=O)O)C[C@@H]1C.C[C@H]1CN(C(=O)CCC(=O)O)CCc2c(nnn2Cc2ccccc2)[C@@H]1C.C[C@H]1CN(C(=O)CCC(=O)O)CCc2nnn(Cc3ccccc3)c2[C@@H]1C.[2H]C([2H])([2H])C#N.[N-]=[N+]=NCc1ccccc1. The second kappa shape index (κ2) is 38.9. The number of carbonyl (C=O) groups is 6. The van der Waals surface area contributed by atoms with Crippen molar-refractivity contribution in [3.63, 3.8) is 0 Å². The van der Waals surface area contributed by atoms with Crippen molar-refractivity contribution in [1.82, 2.24) is 44.7 Å². The molecule has 0 unspecified atom stereocenters. The van der Waals surface area contributed by atoms with Crippen LogP contribution >= 0.6 is 0 Å². The number of benzene rings is 3. The van der Waals surface area contributed by atoms with Gasteiger partial charge in [0.25, 0.3) is 0 Å². The van der Waals surface area contributed by atoms with Gasteiger partial charge in [-0.3, -0.25) is 28.8 Å². The molecular formula is C64H89N13O9. The summed E-state index contributed by atoms with van der Waals surface area (Å²) in [6.45, 7) is 15.6. The maximum absolute atomic E-state index is 12.5. The predicted octanol–water partition coefficient (Wildman–Crippen LogP) is 10.3. The number of rotatable bonds is 15. The highest BCUT2D eigenvalue weighted by atomic mass is 16.4. The zero-order valence-corrected chi connectivity index (χ0v) is 49.0. The average Bonchev–Trinajstić information content (AvgIpc) is 3.46. The Labute approximate surface area is 511 Å². The van der Waals surface area contributed by atoms with Crippen molar-refractivity contribution in [2.75, 3.05) is 39.3 Å². The topological polar surface area (TPSA) is 307 Å². The monoisotopic (exact) mass is 1190 g/mol. The molecule has 0 bridgehead atoms. The third kappa shape index (κ3) is 24.8. The lowest BCUT2D eigenvalue weighted by Gasteiger charge is -2.32. The van der Waals surface area contributed by atoms with Gasteiger partial charge in [0, 0.05) is 111 Å². The minimum Gasteiger partial charge on any atom is -0.481 e. The molecule has 0 saturated heterocycles. The third-order valence-corrected chi connectivity index (χ3v) is 15.0. The van der Waals surface area contributed by atoms with E-state index in [1.807, 2.05) is 76.1 Å². The minimum absolute atomic E-state index is 0. The van der Waals surface area contributed by atoms with Gasteiger partial charge in [-0.2, -0.15) is 5.26 Å². The summed E-state index contributed by atoms with van der Waals surface area (Å²) in [7, 11) is 0. The Morgan fingerprint density at radius 3 is 1.53 bits per heavy atom. The van der Waals surface area contributed by atoms with Gasteiger partial charge in [-0.25, -0.2) is 9.36 Å². The number of nitriles is 1. The number of aromatic nitrogens is 6. The Kier molecular flexibility index (Phi) is 30.7. The van der Waals surface area contributed by atoms with E-state index in [9.17, 15) is 28.8 Å². The van der Waals surface area contributed by atoms with Crippen molar-refractivity contribution >= 4 is 35.6 Å². The Morgan fingerprint density at radius 1 is 0.628 bits per heavy atom. The van der Waals surface area contributed by atoms with E-state index in [0.29, 0.717) is 84.1 Å². The van der Waals surface area contributed by atoms with Gasteiger partial charge in [0.2, 0.25) is 17.7 Å². The zero-order valence-electron chi connectivity index (χ0n) is 52.0. The van der Waals surface area contributed by atoms with Crippen molar-refractivity contribution in [3.8, 4) is 17.9 Å². The summed E-state index contributed by atoms with van der Waals surface area (Å²) in [6, 6.07) is 31.0. The van der Waals surface area contributed by atoms with E-state index < -0.39 is 24.8 Å². The fourth-order valence-electron chi connectivity index (χ4n) is 9.62. The number of hydrogen-bond donors (Lipinski definition) is 3. The fraction of sp³-hybridized carbons (Fsp3) is 0.516. The number of hydrogen-bond acceptors (Lipinski definition) is 12. The van der Waals surface area contributed by atoms with E-state index in [-0.39, 0.29) is 101 Å². The number of carboxylic acids is 3. The number of carboxylic acid groups (broad SMARTS) is 3. The van der Waals surface area contributed by atoms with Crippen molar-refractivity contribution in [1.29, 1.82) is 5.26 Å². The Morgan fingerprint density at radius 2 is 1.06 bits per heavy atom. The molecule has 0 radical (unpaired) electrons. The summed E-state index contributed by atoms with van der Waals surface area (Å²) in [5.41, 5.74) is 15.5. The van der Waals surface area contributed by atoms with Crippen LogP contribution in [-0.4, -0.2) is 135 Å². The second-order valence-corrected chi connectivity index (χ2v) is 21.2. The molecule has 0 spiro atoms. The Bertz CT molecular complexity index is 3180. The number of fused-ring (bicyclic) bond motifs is 2. The summed E-state index contributed by atoms with van der Waals surface area (Å²) in [6.07, 6.45) is 1.82. The number of amides is 3. The molecule has 5 aromatic rings. The van der Waals surface area contributed by atoms with E-state index in [1.54, 1.807) is 14.7 Å². The molecule has 2 aromatic heterocycles. The van der Waals surface area contributed by atoms with Gasteiger partial charge in [0.1, 0.15) is 0 Å². The van der Waals surface area contributed by atoms with Gasteiger partial charge in [0.05, 0.1) is 67.7 Å². The highest BCUT2D eigenvalue weighted by Gasteiger charge is 2.32. The molecule has 3 aliphatic rings. The Balaban J connectivity index is 0.000000408. The van der Waals surface area contributed by atoms with Gasteiger partial charge >= 0.3 is 17.9 Å². The van der Waals surface area contributed by atoms with E-state index in [4.69, 9.17) is 30.2 Å². The lowest BCUT2D eigenvalue weighted by atomic mass is 9.88. The van der Waals surface area contributed by atoms with Gasteiger partial charge in [-0.05, 0) is 40.0 Å². The highest BCUT2D eigenvalue weighted by molar-refractivity contribution is 5.82. The molecule has 0 fully saturated rings. The van der Waals surface area contributed by atoms with Crippen LogP contribution in [0.4, 0.5) is 0 Å². The summed E-state index contributed by atoms with van der Waals surface area (Å²) in [5.74, 6) is 4.59. The number of nitrogens with zero attached hydrogens (tertiary/aromatic N) is 13. The van der Waals surface area contributed by atoms with Crippen LogP contribution in [0.1, 0.15) is 164 Å². The molecule has 3 amide bonds. The molecule has 0 saturated carbocycles. The molecule has 22 heteroatoms. The van der Waals surface area contributed by atoms with E-state index >= 15 is 0 Å². The summed E-state index contributed by atoms with van der Waals surface area (Å²) in [5, 5.41) is 54.8. The first kappa shape index (κ1) is 67.9. The summed E-state index contributed by atoms with van der Waals surface area (Å²) >= 11 is 0. The standard InChI is InChI=1S/2C20H26N4O3.C13H19NO3.C7H7N3.C2H3N.2CH4/c1-14-12-23(18(25)8-9-19(26)27)11-10-17-20(15(14)2)21-22-24(17)13-16-6-4-3-5-7-16;1-14-12-23(18(25)8-9-19(26)27)11-10-17-20(15(14)2)24(22-21-17)13-16-6-4-3-5-7-16;1-10-5-3-4-8-14(9-11(10)2)12(15)6-7-13(16)17;8-10-9-6-7-4-2-1-3-5-7;1-2-3;;/h2*3-7,14-15H,8-13H2,1-2H3,(H,26,27);10-11H,4,6-9H2,1-2H3,(H,16,17);1-5H,6H2;1H3;2*1H4/t2*14-,15+;10-,11-;;;;/m000..../s1/i;;;;1D3;;. The third-order valence-electron chi connectivity index (χ3n) is 15.0. The Hall–Kier alpha value is -8.88. The molecule has 6 atom stereocenters. The van der Waals surface area contributed by atoms with Gasteiger partial charge < -0.3 is 30.0 Å². The van der Waals surface area contributed by atoms with Crippen LogP contribution in [0.2, 0.25) is 0 Å². The van der Waals surface area contributed by atoms with Gasteiger partial charge in [0.15, 0.2) is 0 Å². The van der Waals surface area contributed by atoms with E-state index in [2.05, 4.69) is 108 Å². The zero-order chi connectivity index (χ0) is 64.1. The summed E-state index contributed by atoms with van der Waals surface area (Å²) in [4.78, 5) is 76.7. The van der Waals surface area contributed by atoms with E-state index in [0.717, 1.165) is 40.0 Å². The first-order chi connectivity index (χ1) is 41.4. The van der Waals surface area contributed by atoms with Crippen molar-refractivity contribution in [2.24, 2.45) is 28.8 Å². The minimum atomic E-state index is -2.40.